The van der Waals surface area contributed by atoms with Gasteiger partial charge in [0.1, 0.15) is 5.75 Å². The van der Waals surface area contributed by atoms with Gasteiger partial charge in [0.2, 0.25) is 0 Å². The quantitative estimate of drug-likeness (QED) is 0.846. The summed E-state index contributed by atoms with van der Waals surface area (Å²) in [4.78, 5) is 10.2. The molecule has 0 aliphatic heterocycles. The molecule has 3 nitrogen and oxygen atoms in total. The number of carboxylic acid groups (broad SMARTS) is 1. The van der Waals surface area contributed by atoms with E-state index in [0.717, 1.165) is 4.47 Å². The smallest absolute Gasteiger partial charge is 0.335 e. The van der Waals surface area contributed by atoms with Gasteiger partial charge in [0.25, 0.3) is 0 Å². The van der Waals surface area contributed by atoms with Crippen LogP contribution in [0.2, 0.25) is 0 Å². The van der Waals surface area contributed by atoms with Gasteiger partial charge in [0.15, 0.2) is 0 Å². The SMILES string of the molecule is O=C(O)c1ccccc1.Oc1ccccc1Br. The van der Waals surface area contributed by atoms with Crippen LogP contribution in [0.1, 0.15) is 10.4 Å². The van der Waals surface area contributed by atoms with Gasteiger partial charge >= 0.3 is 5.97 Å². The Labute approximate surface area is 107 Å². The van der Waals surface area contributed by atoms with E-state index in [-0.39, 0.29) is 5.75 Å². The Bertz CT molecular complexity index is 462. The van der Waals surface area contributed by atoms with Crippen LogP contribution in [0.5, 0.6) is 5.75 Å². The molecule has 0 bridgehead atoms. The molecule has 4 heteroatoms. The molecular weight excluding hydrogens is 284 g/mol. The number of phenols is 1. The van der Waals surface area contributed by atoms with Crippen molar-refractivity contribution < 1.29 is 15.0 Å². The third-order valence-electron chi connectivity index (χ3n) is 1.87. The van der Waals surface area contributed by atoms with Crippen LogP contribution in [0.15, 0.2) is 59.1 Å². The summed E-state index contributed by atoms with van der Waals surface area (Å²) in [5, 5.41) is 17.3. The minimum Gasteiger partial charge on any atom is -0.507 e. The molecule has 0 fully saturated rings. The predicted octanol–water partition coefficient (Wildman–Crippen LogP) is 3.54. The van der Waals surface area contributed by atoms with E-state index >= 15 is 0 Å². The highest BCUT2D eigenvalue weighted by Crippen LogP contribution is 2.21. The third kappa shape index (κ3) is 4.70. The van der Waals surface area contributed by atoms with Crippen LogP contribution in [-0.4, -0.2) is 16.2 Å². The van der Waals surface area contributed by atoms with Gasteiger partial charge in [0, 0.05) is 0 Å². The zero-order chi connectivity index (χ0) is 12.7. The molecule has 0 aliphatic carbocycles. The molecule has 88 valence electrons. The molecule has 0 radical (unpaired) electrons. The monoisotopic (exact) mass is 294 g/mol. The molecule has 0 amide bonds. The van der Waals surface area contributed by atoms with E-state index in [9.17, 15) is 4.79 Å². The van der Waals surface area contributed by atoms with Gasteiger partial charge < -0.3 is 10.2 Å². The van der Waals surface area contributed by atoms with Crippen LogP contribution in [0.3, 0.4) is 0 Å². The lowest BCUT2D eigenvalue weighted by atomic mass is 10.2. The second-order valence-electron chi connectivity index (χ2n) is 3.12. The lowest BCUT2D eigenvalue weighted by Gasteiger charge is -1.90. The van der Waals surface area contributed by atoms with Crippen LogP contribution >= 0.6 is 15.9 Å². The van der Waals surface area contributed by atoms with Gasteiger partial charge in [-0.3, -0.25) is 0 Å². The molecule has 0 spiro atoms. The van der Waals surface area contributed by atoms with E-state index in [0.29, 0.717) is 5.56 Å². The first-order valence-electron chi connectivity index (χ1n) is 4.83. The van der Waals surface area contributed by atoms with Crippen molar-refractivity contribution in [2.75, 3.05) is 0 Å². The van der Waals surface area contributed by atoms with Crippen LogP contribution in [-0.2, 0) is 0 Å². The van der Waals surface area contributed by atoms with Crippen molar-refractivity contribution in [2.24, 2.45) is 0 Å². The molecule has 2 aromatic carbocycles. The number of carbonyl (C=O) groups is 1. The lowest BCUT2D eigenvalue weighted by Crippen LogP contribution is -1.93. The van der Waals surface area contributed by atoms with Crippen molar-refractivity contribution in [2.45, 2.75) is 0 Å². The van der Waals surface area contributed by atoms with Gasteiger partial charge in [-0.1, -0.05) is 30.3 Å². The summed E-state index contributed by atoms with van der Waals surface area (Å²) < 4.78 is 0.736. The fourth-order valence-electron chi connectivity index (χ4n) is 1.03. The first-order chi connectivity index (χ1) is 8.11. The van der Waals surface area contributed by atoms with Crippen LogP contribution in [0, 0.1) is 0 Å². The van der Waals surface area contributed by atoms with Gasteiger partial charge in [-0.25, -0.2) is 4.79 Å². The highest BCUT2D eigenvalue weighted by molar-refractivity contribution is 9.10. The minimum absolute atomic E-state index is 0.285. The molecular formula is C13H11BrO3. The van der Waals surface area contributed by atoms with Gasteiger partial charge in [-0.15, -0.1) is 0 Å². The Balaban J connectivity index is 0.000000171. The molecule has 2 N–H and O–H groups in total. The van der Waals surface area contributed by atoms with Crippen molar-refractivity contribution in [3.63, 3.8) is 0 Å². The summed E-state index contributed by atoms with van der Waals surface area (Å²) in [7, 11) is 0. The topological polar surface area (TPSA) is 57.5 Å². The van der Waals surface area contributed by atoms with E-state index in [2.05, 4.69) is 15.9 Å². The van der Waals surface area contributed by atoms with Crippen molar-refractivity contribution in [1.29, 1.82) is 0 Å². The maximum atomic E-state index is 10.2. The number of halogens is 1. The number of rotatable bonds is 1. The normalized spacial score (nSPS) is 9.00. The molecule has 2 rings (SSSR count). The van der Waals surface area contributed by atoms with Gasteiger partial charge in [-0.05, 0) is 40.2 Å². The number of aromatic hydroxyl groups is 1. The first kappa shape index (κ1) is 13.3. The number of benzene rings is 2. The number of aromatic carboxylic acids is 1. The van der Waals surface area contributed by atoms with Gasteiger partial charge in [-0.2, -0.15) is 0 Å². The first-order valence-corrected chi connectivity index (χ1v) is 5.62. The predicted molar refractivity (Wildman–Crippen MR) is 69.2 cm³/mol. The zero-order valence-corrected chi connectivity index (χ0v) is 10.5. The van der Waals surface area contributed by atoms with Crippen molar-refractivity contribution >= 4 is 21.9 Å². The number of carboxylic acids is 1. The van der Waals surface area contributed by atoms with Crippen molar-refractivity contribution in [3.8, 4) is 5.75 Å². The maximum Gasteiger partial charge on any atom is 0.335 e. The average molecular weight is 295 g/mol. The second-order valence-corrected chi connectivity index (χ2v) is 3.98. The molecule has 0 saturated heterocycles. The highest BCUT2D eigenvalue weighted by Gasteiger charge is 1.96. The standard InChI is InChI=1S/C7H6O2.C6H5BrO/c8-7(9)6-4-2-1-3-5-6;7-5-3-1-2-4-6(5)8/h1-5H,(H,8,9);1-4,8H. The number of phenolic OH excluding ortho intramolecular Hbond substituents is 1. The van der Waals surface area contributed by atoms with E-state index in [1.807, 2.05) is 6.07 Å². The van der Waals surface area contributed by atoms with Crippen LogP contribution in [0.25, 0.3) is 0 Å². The Hall–Kier alpha value is -1.81. The molecule has 0 aliphatic rings. The molecule has 0 saturated carbocycles. The van der Waals surface area contributed by atoms with Crippen molar-refractivity contribution in [3.05, 3.63) is 64.6 Å². The van der Waals surface area contributed by atoms with E-state index < -0.39 is 5.97 Å². The number of hydrogen-bond acceptors (Lipinski definition) is 2. The molecule has 2 aromatic rings. The Morgan fingerprint density at radius 2 is 1.47 bits per heavy atom. The highest BCUT2D eigenvalue weighted by atomic mass is 79.9. The molecule has 17 heavy (non-hydrogen) atoms. The number of para-hydroxylation sites is 1. The second kappa shape index (κ2) is 6.70. The van der Waals surface area contributed by atoms with E-state index in [4.69, 9.17) is 10.2 Å². The largest absolute Gasteiger partial charge is 0.507 e. The molecule has 0 atom stereocenters. The summed E-state index contributed by atoms with van der Waals surface area (Å²) >= 11 is 3.15. The molecule has 0 unspecified atom stereocenters. The zero-order valence-electron chi connectivity index (χ0n) is 8.88. The summed E-state index contributed by atoms with van der Waals surface area (Å²) in [6, 6.07) is 15.3. The van der Waals surface area contributed by atoms with E-state index in [1.165, 1.54) is 0 Å². The van der Waals surface area contributed by atoms with Crippen LogP contribution < -0.4 is 0 Å². The summed E-state index contributed by atoms with van der Waals surface area (Å²) in [5.41, 5.74) is 0.331. The Kier molecular flexibility index (Phi) is 5.23. The van der Waals surface area contributed by atoms with Gasteiger partial charge in [0.05, 0.1) is 10.0 Å². The van der Waals surface area contributed by atoms with Crippen molar-refractivity contribution in [1.82, 2.24) is 0 Å². The fraction of sp³-hybridized carbons (Fsp3) is 0. The maximum absolute atomic E-state index is 10.2. The third-order valence-corrected chi connectivity index (χ3v) is 2.54. The van der Waals surface area contributed by atoms with E-state index in [1.54, 1.807) is 48.5 Å². The lowest BCUT2D eigenvalue weighted by molar-refractivity contribution is 0.0697. The summed E-state index contributed by atoms with van der Waals surface area (Å²) in [6.45, 7) is 0. The Morgan fingerprint density at radius 3 is 1.82 bits per heavy atom. The minimum atomic E-state index is -0.879. The molecule has 0 heterocycles. The fourth-order valence-corrected chi connectivity index (χ4v) is 1.32. The average Bonchev–Trinajstić information content (AvgIpc) is 2.35. The molecule has 0 aromatic heterocycles. The number of hydrogen-bond donors (Lipinski definition) is 2. The summed E-state index contributed by atoms with van der Waals surface area (Å²) in [5.74, 6) is -0.594. The summed E-state index contributed by atoms with van der Waals surface area (Å²) in [6.07, 6.45) is 0. The van der Waals surface area contributed by atoms with Crippen LogP contribution in [0.4, 0.5) is 0 Å². The Morgan fingerprint density at radius 1 is 0.941 bits per heavy atom.